The summed E-state index contributed by atoms with van der Waals surface area (Å²) >= 11 is 0. The Kier molecular flexibility index (Phi) is 5.01. The molecule has 108 valence electrons. The molecule has 0 aliphatic heterocycles. The van der Waals surface area contributed by atoms with Crippen molar-refractivity contribution in [2.75, 3.05) is 13.1 Å². The van der Waals surface area contributed by atoms with Crippen LogP contribution in [0.3, 0.4) is 0 Å². The molecule has 3 N–H and O–H groups in total. The molecule has 0 bridgehead atoms. The van der Waals surface area contributed by atoms with Crippen molar-refractivity contribution in [1.29, 1.82) is 0 Å². The number of hydrogen-bond acceptors (Lipinski definition) is 5. The number of aromatic nitrogens is 4. The molecule has 0 aromatic carbocycles. The summed E-state index contributed by atoms with van der Waals surface area (Å²) < 4.78 is 1.81. The maximum Gasteiger partial charge on any atom is 0.271 e. The van der Waals surface area contributed by atoms with Crippen LogP contribution in [-0.4, -0.2) is 38.7 Å². The number of aryl methyl sites for hydroxylation is 1. The zero-order valence-electron chi connectivity index (χ0n) is 11.7. The Hall–Kier alpha value is -2.72. The standard InChI is InChI=1S/C14H16N6O/c1-20-10-18-19-12(20)6-9-17-14(21)13-11(4-2-7-15)5-3-8-16-13/h3,5,8,10H,6-7,9,15H2,1H3,(H,17,21). The highest BCUT2D eigenvalue weighted by Gasteiger charge is 2.11. The number of amides is 1. The van der Waals surface area contributed by atoms with E-state index < -0.39 is 0 Å². The summed E-state index contributed by atoms with van der Waals surface area (Å²) in [5.74, 6) is 6.10. The Labute approximate surface area is 122 Å². The van der Waals surface area contributed by atoms with E-state index in [-0.39, 0.29) is 12.5 Å². The minimum atomic E-state index is -0.265. The molecule has 0 unspecified atom stereocenters. The number of rotatable bonds is 4. The molecule has 2 heterocycles. The molecule has 0 saturated heterocycles. The summed E-state index contributed by atoms with van der Waals surface area (Å²) in [5, 5.41) is 10.5. The summed E-state index contributed by atoms with van der Waals surface area (Å²) in [5.41, 5.74) is 6.21. The van der Waals surface area contributed by atoms with Gasteiger partial charge in [-0.2, -0.15) is 0 Å². The second-order valence-corrected chi connectivity index (χ2v) is 4.27. The summed E-state index contributed by atoms with van der Waals surface area (Å²) in [6.07, 6.45) is 3.78. The third kappa shape index (κ3) is 3.87. The van der Waals surface area contributed by atoms with Gasteiger partial charge in [-0.25, -0.2) is 4.98 Å². The lowest BCUT2D eigenvalue weighted by molar-refractivity contribution is 0.0948. The van der Waals surface area contributed by atoms with E-state index >= 15 is 0 Å². The van der Waals surface area contributed by atoms with E-state index in [2.05, 4.69) is 32.3 Å². The Morgan fingerprint density at radius 1 is 1.52 bits per heavy atom. The lowest BCUT2D eigenvalue weighted by Crippen LogP contribution is -2.28. The largest absolute Gasteiger partial charge is 0.350 e. The van der Waals surface area contributed by atoms with Gasteiger partial charge in [0.15, 0.2) is 0 Å². The van der Waals surface area contributed by atoms with Crippen molar-refractivity contribution in [3.8, 4) is 11.8 Å². The summed E-state index contributed by atoms with van der Waals surface area (Å²) in [7, 11) is 1.86. The van der Waals surface area contributed by atoms with Crippen molar-refractivity contribution < 1.29 is 4.79 Å². The average molecular weight is 284 g/mol. The van der Waals surface area contributed by atoms with Crippen LogP contribution in [0.2, 0.25) is 0 Å². The van der Waals surface area contributed by atoms with Gasteiger partial charge in [0.05, 0.1) is 12.1 Å². The van der Waals surface area contributed by atoms with Gasteiger partial charge in [0.25, 0.3) is 5.91 Å². The number of nitrogens with zero attached hydrogens (tertiary/aromatic N) is 4. The highest BCUT2D eigenvalue weighted by molar-refractivity contribution is 5.94. The van der Waals surface area contributed by atoms with Crippen LogP contribution < -0.4 is 11.1 Å². The Morgan fingerprint density at radius 3 is 3.10 bits per heavy atom. The lowest BCUT2D eigenvalue weighted by atomic mass is 10.2. The molecular formula is C14H16N6O. The average Bonchev–Trinajstić information content (AvgIpc) is 2.91. The smallest absolute Gasteiger partial charge is 0.271 e. The molecule has 21 heavy (non-hydrogen) atoms. The van der Waals surface area contributed by atoms with Gasteiger partial charge in [-0.15, -0.1) is 10.2 Å². The van der Waals surface area contributed by atoms with Gasteiger partial charge in [-0.3, -0.25) is 4.79 Å². The molecule has 2 aromatic rings. The number of nitrogens with one attached hydrogen (secondary N) is 1. The molecule has 2 rings (SSSR count). The first kappa shape index (κ1) is 14.7. The van der Waals surface area contributed by atoms with Gasteiger partial charge in [0.2, 0.25) is 0 Å². The SMILES string of the molecule is Cn1cnnc1CCNC(=O)c1ncccc1C#CCN. The predicted molar refractivity (Wildman–Crippen MR) is 77.2 cm³/mol. The van der Waals surface area contributed by atoms with Crippen LogP contribution in [-0.2, 0) is 13.5 Å². The van der Waals surface area contributed by atoms with Crippen molar-refractivity contribution in [1.82, 2.24) is 25.1 Å². The van der Waals surface area contributed by atoms with Gasteiger partial charge >= 0.3 is 0 Å². The second kappa shape index (κ2) is 7.17. The summed E-state index contributed by atoms with van der Waals surface area (Å²) in [6.45, 7) is 0.688. The van der Waals surface area contributed by atoms with E-state index in [0.29, 0.717) is 24.2 Å². The van der Waals surface area contributed by atoms with Crippen LogP contribution in [0.25, 0.3) is 0 Å². The lowest BCUT2D eigenvalue weighted by Gasteiger charge is -2.05. The predicted octanol–water partition coefficient (Wildman–Crippen LogP) is -0.507. The van der Waals surface area contributed by atoms with E-state index in [0.717, 1.165) is 5.82 Å². The Balaban J connectivity index is 1.99. The van der Waals surface area contributed by atoms with E-state index in [1.807, 2.05) is 11.6 Å². The van der Waals surface area contributed by atoms with Crippen molar-refractivity contribution in [2.24, 2.45) is 12.8 Å². The van der Waals surface area contributed by atoms with E-state index in [1.54, 1.807) is 24.7 Å². The summed E-state index contributed by atoms with van der Waals surface area (Å²) in [6, 6.07) is 3.48. The van der Waals surface area contributed by atoms with Crippen molar-refractivity contribution >= 4 is 5.91 Å². The first-order chi connectivity index (χ1) is 10.2. The fourth-order valence-corrected chi connectivity index (χ4v) is 1.74. The molecule has 0 atom stereocenters. The second-order valence-electron chi connectivity index (χ2n) is 4.27. The van der Waals surface area contributed by atoms with Crippen molar-refractivity contribution in [3.63, 3.8) is 0 Å². The number of hydrogen-bond donors (Lipinski definition) is 2. The normalized spacial score (nSPS) is 9.81. The molecule has 1 amide bonds. The quantitative estimate of drug-likeness (QED) is 0.737. The van der Waals surface area contributed by atoms with E-state index in [1.165, 1.54) is 0 Å². The number of nitrogens with two attached hydrogens (primary N) is 1. The maximum atomic E-state index is 12.1. The molecule has 7 nitrogen and oxygen atoms in total. The van der Waals surface area contributed by atoms with E-state index in [9.17, 15) is 4.79 Å². The fraction of sp³-hybridized carbons (Fsp3) is 0.286. The number of carbonyl (C=O) groups is 1. The van der Waals surface area contributed by atoms with Gasteiger partial charge in [-0.1, -0.05) is 11.8 Å². The molecule has 0 radical (unpaired) electrons. The monoisotopic (exact) mass is 284 g/mol. The third-order valence-electron chi connectivity index (χ3n) is 2.79. The van der Waals surface area contributed by atoms with Crippen molar-refractivity contribution in [3.05, 3.63) is 41.7 Å². The van der Waals surface area contributed by atoms with Crippen LogP contribution in [0.5, 0.6) is 0 Å². The van der Waals surface area contributed by atoms with E-state index in [4.69, 9.17) is 5.73 Å². The molecule has 0 aliphatic carbocycles. The Morgan fingerprint density at radius 2 is 2.38 bits per heavy atom. The minimum absolute atomic E-state index is 0.238. The van der Waals surface area contributed by atoms with Gasteiger partial charge in [0.1, 0.15) is 17.8 Å². The van der Waals surface area contributed by atoms with Crippen LogP contribution >= 0.6 is 0 Å². The number of carbonyl (C=O) groups excluding carboxylic acids is 1. The fourth-order valence-electron chi connectivity index (χ4n) is 1.74. The Bertz CT molecular complexity index is 682. The molecule has 0 saturated carbocycles. The third-order valence-corrected chi connectivity index (χ3v) is 2.79. The number of pyridine rings is 1. The van der Waals surface area contributed by atoms with Crippen LogP contribution in [0.4, 0.5) is 0 Å². The molecule has 0 aliphatic rings. The highest BCUT2D eigenvalue weighted by atomic mass is 16.1. The van der Waals surface area contributed by atoms with Crippen LogP contribution in [0.15, 0.2) is 24.7 Å². The van der Waals surface area contributed by atoms with Crippen molar-refractivity contribution in [2.45, 2.75) is 6.42 Å². The first-order valence-electron chi connectivity index (χ1n) is 6.47. The molecule has 0 spiro atoms. The molecule has 7 heteroatoms. The molecule has 0 fully saturated rings. The first-order valence-corrected chi connectivity index (χ1v) is 6.47. The highest BCUT2D eigenvalue weighted by Crippen LogP contribution is 2.03. The van der Waals surface area contributed by atoms with Crippen LogP contribution in [0, 0.1) is 11.8 Å². The summed E-state index contributed by atoms with van der Waals surface area (Å²) in [4.78, 5) is 16.2. The molecular weight excluding hydrogens is 268 g/mol. The maximum absolute atomic E-state index is 12.1. The van der Waals surface area contributed by atoms with Gasteiger partial charge in [-0.05, 0) is 12.1 Å². The topological polar surface area (TPSA) is 98.7 Å². The van der Waals surface area contributed by atoms with Gasteiger partial charge in [0, 0.05) is 26.2 Å². The van der Waals surface area contributed by atoms with Crippen LogP contribution in [0.1, 0.15) is 21.9 Å². The minimum Gasteiger partial charge on any atom is -0.350 e. The van der Waals surface area contributed by atoms with Gasteiger partial charge < -0.3 is 15.6 Å². The molecule has 2 aromatic heterocycles. The zero-order chi connectivity index (χ0) is 15.1. The zero-order valence-corrected chi connectivity index (χ0v) is 11.7.